The van der Waals surface area contributed by atoms with Gasteiger partial charge in [-0.05, 0) is 29.8 Å². The Kier molecular flexibility index (Phi) is 6.06. The third kappa shape index (κ3) is 4.75. The van der Waals surface area contributed by atoms with Crippen LogP contribution in [0.25, 0.3) is 10.9 Å². The van der Waals surface area contributed by atoms with Crippen LogP contribution >= 0.6 is 11.6 Å². The van der Waals surface area contributed by atoms with Crippen LogP contribution in [0.1, 0.15) is 5.56 Å². The zero-order chi connectivity index (χ0) is 20.1. The molecule has 0 atom stereocenters. The van der Waals surface area contributed by atoms with Crippen LogP contribution in [0, 0.1) is 0 Å². The molecule has 0 fully saturated rings. The van der Waals surface area contributed by atoms with Crippen LogP contribution in [0.3, 0.4) is 0 Å². The fourth-order valence-electron chi connectivity index (χ4n) is 2.65. The Hall–Kier alpha value is -3.19. The van der Waals surface area contributed by atoms with Gasteiger partial charge in [-0.15, -0.1) is 0 Å². The number of benzene rings is 2. The number of aromatic nitrogens is 2. The van der Waals surface area contributed by atoms with Crippen molar-refractivity contribution < 1.29 is 14.3 Å². The first-order chi connectivity index (χ1) is 13.4. The molecule has 1 heterocycles. The summed E-state index contributed by atoms with van der Waals surface area (Å²) in [7, 11) is 1.61. The molecule has 0 aliphatic carbocycles. The van der Waals surface area contributed by atoms with E-state index in [1.54, 1.807) is 49.5 Å². The maximum Gasteiger partial charge on any atom is 0.326 e. The SMILES string of the molecule is CN(Cc1cccc(Cl)c1)C(=O)COC(=O)Cn1cnc2ccccc2c1=O. The minimum atomic E-state index is -0.691. The molecule has 0 aliphatic rings. The molecule has 144 valence electrons. The lowest BCUT2D eigenvalue weighted by Gasteiger charge is -2.17. The van der Waals surface area contributed by atoms with Gasteiger partial charge in [-0.25, -0.2) is 4.98 Å². The van der Waals surface area contributed by atoms with Crippen LogP contribution in [0.5, 0.6) is 0 Å². The summed E-state index contributed by atoms with van der Waals surface area (Å²) in [5.74, 6) is -1.05. The number of esters is 1. The summed E-state index contributed by atoms with van der Waals surface area (Å²) in [5, 5.41) is 0.995. The van der Waals surface area contributed by atoms with E-state index in [9.17, 15) is 14.4 Å². The van der Waals surface area contributed by atoms with E-state index in [1.165, 1.54) is 11.2 Å². The Balaban J connectivity index is 1.56. The number of hydrogen-bond acceptors (Lipinski definition) is 5. The van der Waals surface area contributed by atoms with Crippen LogP contribution in [0.15, 0.2) is 59.7 Å². The molecule has 3 rings (SSSR count). The Morgan fingerprint density at radius 2 is 1.96 bits per heavy atom. The highest BCUT2D eigenvalue weighted by atomic mass is 35.5. The maximum absolute atomic E-state index is 12.4. The first kappa shape index (κ1) is 19.6. The van der Waals surface area contributed by atoms with Gasteiger partial charge in [0.2, 0.25) is 0 Å². The molecular weight excluding hydrogens is 382 g/mol. The van der Waals surface area contributed by atoms with Crippen molar-refractivity contribution in [3.8, 4) is 0 Å². The van der Waals surface area contributed by atoms with Gasteiger partial charge in [-0.3, -0.25) is 19.0 Å². The summed E-state index contributed by atoms with van der Waals surface area (Å²) in [5.41, 5.74) is 1.07. The van der Waals surface area contributed by atoms with Gasteiger partial charge < -0.3 is 9.64 Å². The molecule has 0 N–H and O–H groups in total. The molecule has 0 unspecified atom stereocenters. The van der Waals surface area contributed by atoms with Crippen molar-refractivity contribution in [2.45, 2.75) is 13.1 Å². The highest BCUT2D eigenvalue weighted by Gasteiger charge is 2.14. The smallest absolute Gasteiger partial charge is 0.326 e. The number of nitrogens with zero attached hydrogens (tertiary/aromatic N) is 3. The summed E-state index contributed by atoms with van der Waals surface area (Å²) in [6.07, 6.45) is 1.29. The fraction of sp³-hybridized carbons (Fsp3) is 0.200. The Morgan fingerprint density at radius 3 is 2.75 bits per heavy atom. The predicted octanol–water partition coefficient (Wildman–Crippen LogP) is 2.25. The Morgan fingerprint density at radius 1 is 1.18 bits per heavy atom. The molecular formula is C20H18ClN3O4. The van der Waals surface area contributed by atoms with Crippen molar-refractivity contribution in [3.05, 3.63) is 75.8 Å². The third-order valence-electron chi connectivity index (χ3n) is 4.12. The van der Waals surface area contributed by atoms with E-state index in [-0.39, 0.29) is 18.0 Å². The van der Waals surface area contributed by atoms with Crippen molar-refractivity contribution in [3.63, 3.8) is 0 Å². The molecule has 0 spiro atoms. The summed E-state index contributed by atoms with van der Waals surface area (Å²) >= 11 is 5.93. The first-order valence-electron chi connectivity index (χ1n) is 8.52. The lowest BCUT2D eigenvalue weighted by molar-refractivity contribution is -0.152. The van der Waals surface area contributed by atoms with Gasteiger partial charge in [0.15, 0.2) is 6.61 Å². The number of hydrogen-bond donors (Lipinski definition) is 0. The third-order valence-corrected chi connectivity index (χ3v) is 4.36. The normalized spacial score (nSPS) is 10.6. The minimum absolute atomic E-state index is 0.318. The summed E-state index contributed by atoms with van der Waals surface area (Å²) < 4.78 is 6.17. The Labute approximate surface area is 166 Å². The zero-order valence-corrected chi connectivity index (χ0v) is 15.9. The van der Waals surface area contributed by atoms with Gasteiger partial charge >= 0.3 is 5.97 Å². The van der Waals surface area contributed by atoms with Crippen molar-refractivity contribution in [1.82, 2.24) is 14.5 Å². The minimum Gasteiger partial charge on any atom is -0.454 e. The lowest BCUT2D eigenvalue weighted by Crippen LogP contribution is -2.32. The molecule has 0 bridgehead atoms. The van der Waals surface area contributed by atoms with Gasteiger partial charge in [0, 0.05) is 18.6 Å². The molecule has 3 aromatic rings. The molecule has 1 aromatic heterocycles. The van der Waals surface area contributed by atoms with Gasteiger partial charge in [0.1, 0.15) is 6.54 Å². The van der Waals surface area contributed by atoms with Crippen LogP contribution < -0.4 is 5.56 Å². The second-order valence-electron chi connectivity index (χ2n) is 6.24. The van der Waals surface area contributed by atoms with Crippen molar-refractivity contribution in [1.29, 1.82) is 0 Å². The van der Waals surface area contributed by atoms with E-state index < -0.39 is 12.6 Å². The number of fused-ring (bicyclic) bond motifs is 1. The number of para-hydroxylation sites is 1. The van der Waals surface area contributed by atoms with E-state index >= 15 is 0 Å². The average molecular weight is 400 g/mol. The quantitative estimate of drug-likeness (QED) is 0.594. The molecule has 2 aromatic carbocycles. The number of rotatable bonds is 6. The summed E-state index contributed by atoms with van der Waals surface area (Å²) in [6.45, 7) is -0.390. The topological polar surface area (TPSA) is 81.5 Å². The van der Waals surface area contributed by atoms with E-state index in [0.717, 1.165) is 10.1 Å². The van der Waals surface area contributed by atoms with Crippen LogP contribution in [-0.2, 0) is 27.4 Å². The predicted molar refractivity (Wildman–Crippen MR) is 105 cm³/mol. The number of carbonyl (C=O) groups is 2. The van der Waals surface area contributed by atoms with Gasteiger partial charge in [0.25, 0.3) is 11.5 Å². The summed E-state index contributed by atoms with van der Waals surface area (Å²) in [6, 6.07) is 14.0. The first-order valence-corrected chi connectivity index (χ1v) is 8.90. The Bertz CT molecular complexity index is 1080. The number of likely N-dealkylation sites (N-methyl/N-ethyl adjacent to an activating group) is 1. The number of carbonyl (C=O) groups excluding carboxylic acids is 2. The van der Waals surface area contributed by atoms with Crippen molar-refractivity contribution in [2.75, 3.05) is 13.7 Å². The molecule has 0 aliphatic heterocycles. The van der Waals surface area contributed by atoms with Crippen LogP contribution in [-0.4, -0.2) is 40.0 Å². The van der Waals surface area contributed by atoms with Gasteiger partial charge in [-0.2, -0.15) is 0 Å². The van der Waals surface area contributed by atoms with Crippen LogP contribution in [0.4, 0.5) is 0 Å². The highest BCUT2D eigenvalue weighted by molar-refractivity contribution is 6.30. The van der Waals surface area contributed by atoms with Crippen molar-refractivity contribution >= 4 is 34.4 Å². The number of ether oxygens (including phenoxy) is 1. The lowest BCUT2D eigenvalue weighted by atomic mass is 10.2. The maximum atomic E-state index is 12.4. The second-order valence-corrected chi connectivity index (χ2v) is 6.67. The molecule has 0 saturated carbocycles. The van der Waals surface area contributed by atoms with E-state index in [2.05, 4.69) is 4.98 Å². The molecule has 1 amide bonds. The number of halogens is 1. The fourth-order valence-corrected chi connectivity index (χ4v) is 2.87. The molecule has 0 radical (unpaired) electrons. The standard InChI is InChI=1S/C20H18ClN3O4/c1-23(10-14-5-4-6-15(21)9-14)18(25)12-28-19(26)11-24-13-22-17-8-3-2-7-16(17)20(24)27/h2-9,13H,10-12H2,1H3. The monoisotopic (exact) mass is 399 g/mol. The van der Waals surface area contributed by atoms with E-state index in [4.69, 9.17) is 16.3 Å². The second kappa shape index (κ2) is 8.67. The molecule has 8 heteroatoms. The molecule has 7 nitrogen and oxygen atoms in total. The van der Waals surface area contributed by atoms with Crippen molar-refractivity contribution in [2.24, 2.45) is 0 Å². The largest absolute Gasteiger partial charge is 0.454 e. The molecule has 28 heavy (non-hydrogen) atoms. The number of amides is 1. The molecule has 0 saturated heterocycles. The summed E-state index contributed by atoms with van der Waals surface area (Å²) in [4.78, 5) is 42.1. The zero-order valence-electron chi connectivity index (χ0n) is 15.2. The van der Waals surface area contributed by atoms with Gasteiger partial charge in [-0.1, -0.05) is 35.9 Å². The van der Waals surface area contributed by atoms with Gasteiger partial charge in [0.05, 0.1) is 17.2 Å². The average Bonchev–Trinajstić information content (AvgIpc) is 2.68. The van der Waals surface area contributed by atoms with E-state index in [1.807, 2.05) is 6.07 Å². The van der Waals surface area contributed by atoms with E-state index in [0.29, 0.717) is 22.5 Å². The van der Waals surface area contributed by atoms with Crippen LogP contribution in [0.2, 0.25) is 5.02 Å². The highest BCUT2D eigenvalue weighted by Crippen LogP contribution is 2.12.